The third-order valence-electron chi connectivity index (χ3n) is 7.14. The molecule has 0 saturated carbocycles. The fourth-order valence-electron chi connectivity index (χ4n) is 5.05. The van der Waals surface area contributed by atoms with Gasteiger partial charge in [0.05, 0.1) is 13.2 Å². The number of hydrogen-bond donors (Lipinski definition) is 2. The molecule has 3 amide bonds. The number of fused-ring (bicyclic) bond motifs is 5. The molecule has 41 heavy (non-hydrogen) atoms. The van der Waals surface area contributed by atoms with Gasteiger partial charge < -0.3 is 29.7 Å². The predicted molar refractivity (Wildman–Crippen MR) is 148 cm³/mol. The number of likely N-dealkylation sites (tertiary alicyclic amines) is 1. The van der Waals surface area contributed by atoms with Gasteiger partial charge in [-0.1, -0.05) is 24.3 Å². The van der Waals surface area contributed by atoms with Crippen molar-refractivity contribution in [2.45, 2.75) is 38.0 Å². The standard InChI is InChI=1S/C31H32FN3O6/c1-39-27-9-7-20-8-10-29(36)33-17-21-13-23(32)16-24(14-21)41-26-11-12-35(31(38)22-5-3-2-4-6-22)18-25(26)34-30(37)19-40-28(27)15-20/h2-7,9,13-16,25-26H,8,10-12,17-19H2,1H3,(H,33,36)(H,34,37)/t25-,26-/m1/s1. The van der Waals surface area contributed by atoms with E-state index in [1.54, 1.807) is 47.4 Å². The van der Waals surface area contributed by atoms with Crippen molar-refractivity contribution in [1.29, 1.82) is 0 Å². The van der Waals surface area contributed by atoms with Crippen molar-refractivity contribution < 1.29 is 33.0 Å². The Morgan fingerprint density at radius 2 is 1.83 bits per heavy atom. The van der Waals surface area contributed by atoms with Crippen LogP contribution in [0, 0.1) is 5.82 Å². The topological polar surface area (TPSA) is 106 Å². The van der Waals surface area contributed by atoms with E-state index >= 15 is 0 Å². The molecule has 0 spiro atoms. The normalized spacial score (nSPS) is 19.7. The van der Waals surface area contributed by atoms with E-state index in [2.05, 4.69) is 10.6 Å². The Labute approximate surface area is 237 Å². The van der Waals surface area contributed by atoms with E-state index in [1.165, 1.54) is 19.2 Å². The van der Waals surface area contributed by atoms with E-state index in [0.29, 0.717) is 42.0 Å². The summed E-state index contributed by atoms with van der Waals surface area (Å²) in [7, 11) is 1.51. The number of amides is 3. The van der Waals surface area contributed by atoms with Gasteiger partial charge in [-0.15, -0.1) is 0 Å². The van der Waals surface area contributed by atoms with Crippen molar-refractivity contribution in [2.75, 3.05) is 26.8 Å². The Morgan fingerprint density at radius 3 is 2.63 bits per heavy atom. The average molecular weight is 562 g/mol. The van der Waals surface area contributed by atoms with Crippen LogP contribution in [0.1, 0.15) is 34.3 Å². The largest absolute Gasteiger partial charge is 0.493 e. The number of carbonyl (C=O) groups is 3. The summed E-state index contributed by atoms with van der Waals surface area (Å²) >= 11 is 0. The molecular weight excluding hydrogens is 529 g/mol. The molecule has 2 aliphatic heterocycles. The molecule has 0 radical (unpaired) electrons. The Bertz CT molecular complexity index is 1420. The second-order valence-corrected chi connectivity index (χ2v) is 10.1. The molecule has 9 nitrogen and oxygen atoms in total. The number of piperidine rings is 1. The number of benzene rings is 3. The molecule has 2 atom stereocenters. The fourth-order valence-corrected chi connectivity index (χ4v) is 5.05. The van der Waals surface area contributed by atoms with Crippen LogP contribution >= 0.6 is 0 Å². The first-order chi connectivity index (χ1) is 19.9. The predicted octanol–water partition coefficient (Wildman–Crippen LogP) is 3.25. The summed E-state index contributed by atoms with van der Waals surface area (Å²) < 4.78 is 31.9. The van der Waals surface area contributed by atoms with Gasteiger partial charge in [-0.2, -0.15) is 0 Å². The molecule has 1 fully saturated rings. The van der Waals surface area contributed by atoms with E-state index in [9.17, 15) is 18.8 Å². The van der Waals surface area contributed by atoms with Gasteiger partial charge in [0.1, 0.15) is 17.7 Å². The minimum absolute atomic E-state index is 0.133. The maximum absolute atomic E-state index is 14.5. The molecule has 5 rings (SSSR count). The third-order valence-corrected chi connectivity index (χ3v) is 7.14. The van der Waals surface area contributed by atoms with E-state index in [-0.39, 0.29) is 43.7 Å². The first-order valence-electron chi connectivity index (χ1n) is 13.5. The SMILES string of the molecule is COc1ccc2cc1OCC(=O)N[C@@H]1CN(C(=O)c3ccccc3)CC[C@H]1Oc1cc(F)cc(c1)CNC(=O)CC2. The molecule has 0 unspecified atom stereocenters. The molecule has 2 N–H and O–H groups in total. The molecule has 3 aromatic rings. The third kappa shape index (κ3) is 7.13. The van der Waals surface area contributed by atoms with Crippen molar-refractivity contribution in [3.63, 3.8) is 0 Å². The highest BCUT2D eigenvalue weighted by Gasteiger charge is 2.34. The van der Waals surface area contributed by atoms with Crippen molar-refractivity contribution in [3.8, 4) is 17.2 Å². The van der Waals surface area contributed by atoms with Crippen molar-refractivity contribution in [1.82, 2.24) is 15.5 Å². The van der Waals surface area contributed by atoms with Crippen LogP contribution in [0.2, 0.25) is 0 Å². The minimum Gasteiger partial charge on any atom is -0.493 e. The van der Waals surface area contributed by atoms with Crippen LogP contribution in [0.4, 0.5) is 4.39 Å². The number of methoxy groups -OCH3 is 1. The van der Waals surface area contributed by atoms with Gasteiger partial charge >= 0.3 is 0 Å². The van der Waals surface area contributed by atoms with Crippen molar-refractivity contribution in [3.05, 3.63) is 89.2 Å². The summed E-state index contributed by atoms with van der Waals surface area (Å²) in [4.78, 5) is 40.5. The monoisotopic (exact) mass is 561 g/mol. The lowest BCUT2D eigenvalue weighted by Crippen LogP contribution is -2.58. The summed E-state index contributed by atoms with van der Waals surface area (Å²) in [6, 6.07) is 17.9. The van der Waals surface area contributed by atoms with Crippen LogP contribution in [-0.2, 0) is 22.6 Å². The zero-order chi connectivity index (χ0) is 28.8. The van der Waals surface area contributed by atoms with Gasteiger partial charge in [-0.05, 0) is 53.9 Å². The fraction of sp³-hybridized carbons (Fsp3) is 0.323. The van der Waals surface area contributed by atoms with Crippen LogP contribution in [0.5, 0.6) is 17.2 Å². The minimum atomic E-state index is -0.592. The second kappa shape index (κ2) is 12.7. The van der Waals surface area contributed by atoms with Crippen LogP contribution in [0.15, 0.2) is 66.7 Å². The quantitative estimate of drug-likeness (QED) is 0.498. The molecule has 10 heteroatoms. The number of nitrogens with zero attached hydrogens (tertiary/aromatic N) is 1. The highest BCUT2D eigenvalue weighted by molar-refractivity contribution is 5.94. The summed E-state index contributed by atoms with van der Waals surface area (Å²) in [5, 5.41) is 5.79. The zero-order valence-electron chi connectivity index (χ0n) is 22.7. The number of carbonyl (C=O) groups excluding carboxylic acids is 3. The Morgan fingerprint density at radius 1 is 1.00 bits per heavy atom. The molecule has 2 heterocycles. The molecule has 1 saturated heterocycles. The first kappa shape index (κ1) is 27.9. The summed E-state index contributed by atoms with van der Waals surface area (Å²) in [6.45, 7) is 0.416. The highest BCUT2D eigenvalue weighted by Crippen LogP contribution is 2.29. The van der Waals surface area contributed by atoms with E-state index in [4.69, 9.17) is 14.2 Å². The second-order valence-electron chi connectivity index (χ2n) is 10.1. The molecule has 0 aromatic heterocycles. The molecule has 0 aliphatic carbocycles. The number of aryl methyl sites for hydroxylation is 1. The number of hydrogen-bond acceptors (Lipinski definition) is 6. The van der Waals surface area contributed by atoms with Crippen LogP contribution in [0.3, 0.4) is 0 Å². The zero-order valence-corrected chi connectivity index (χ0v) is 22.7. The van der Waals surface area contributed by atoms with Gasteiger partial charge in [0.15, 0.2) is 18.1 Å². The van der Waals surface area contributed by atoms with Crippen LogP contribution in [0.25, 0.3) is 0 Å². The van der Waals surface area contributed by atoms with Crippen LogP contribution in [-0.4, -0.2) is 61.6 Å². The summed E-state index contributed by atoms with van der Waals surface area (Å²) in [5.74, 6) is -0.143. The lowest BCUT2D eigenvalue weighted by molar-refractivity contribution is -0.125. The molecule has 3 aromatic carbocycles. The van der Waals surface area contributed by atoms with Crippen molar-refractivity contribution in [2.24, 2.45) is 0 Å². The van der Waals surface area contributed by atoms with Gasteiger partial charge in [0, 0.05) is 44.1 Å². The maximum Gasteiger partial charge on any atom is 0.258 e. The Kier molecular flexibility index (Phi) is 8.67. The Hall–Kier alpha value is -4.60. The summed E-state index contributed by atoms with van der Waals surface area (Å²) in [6.07, 6.45) is 0.514. The smallest absolute Gasteiger partial charge is 0.258 e. The van der Waals surface area contributed by atoms with Gasteiger partial charge in [0.2, 0.25) is 5.91 Å². The molecular formula is C31H32FN3O6. The van der Waals surface area contributed by atoms with Gasteiger partial charge in [0.25, 0.3) is 11.8 Å². The number of rotatable bonds is 2. The lowest BCUT2D eigenvalue weighted by atomic mass is 10.0. The highest BCUT2D eigenvalue weighted by atomic mass is 19.1. The number of halogens is 1. The lowest BCUT2D eigenvalue weighted by Gasteiger charge is -2.39. The van der Waals surface area contributed by atoms with E-state index in [1.807, 2.05) is 12.1 Å². The maximum atomic E-state index is 14.5. The van der Waals surface area contributed by atoms with E-state index in [0.717, 1.165) is 5.56 Å². The number of nitrogens with one attached hydrogen (secondary N) is 2. The first-order valence-corrected chi connectivity index (χ1v) is 13.5. The van der Waals surface area contributed by atoms with Gasteiger partial charge in [-0.3, -0.25) is 14.4 Å². The molecule has 2 aliphatic rings. The molecule has 214 valence electrons. The Balaban J connectivity index is 1.41. The van der Waals surface area contributed by atoms with Gasteiger partial charge in [-0.25, -0.2) is 4.39 Å². The van der Waals surface area contributed by atoms with E-state index < -0.39 is 23.9 Å². The van der Waals surface area contributed by atoms with Crippen LogP contribution < -0.4 is 24.8 Å². The average Bonchev–Trinajstić information content (AvgIpc) is 2.98. The number of ether oxygens (including phenoxy) is 3. The molecule has 4 bridgehead atoms. The summed E-state index contributed by atoms with van der Waals surface area (Å²) in [5.41, 5.74) is 1.93. The van der Waals surface area contributed by atoms with Crippen molar-refractivity contribution >= 4 is 17.7 Å².